The van der Waals surface area contributed by atoms with Crippen LogP contribution in [0.5, 0.6) is 0 Å². The van der Waals surface area contributed by atoms with Crippen molar-refractivity contribution < 1.29 is 0 Å². The van der Waals surface area contributed by atoms with Crippen LogP contribution >= 0.6 is 12.2 Å². The first-order valence-corrected chi connectivity index (χ1v) is 7.78. The maximum absolute atomic E-state index is 5.55. The summed E-state index contributed by atoms with van der Waals surface area (Å²) in [6, 6.07) is 7.04. The number of nitrogens with one attached hydrogen (secondary N) is 1. The van der Waals surface area contributed by atoms with Crippen molar-refractivity contribution in [1.82, 2.24) is 9.55 Å². The lowest BCUT2D eigenvalue weighted by Crippen LogP contribution is -2.19. The molecule has 102 valence electrons. The summed E-state index contributed by atoms with van der Waals surface area (Å²) >= 11 is 5.55. The van der Waals surface area contributed by atoms with Gasteiger partial charge >= 0.3 is 0 Å². The first-order valence-electron chi connectivity index (χ1n) is 7.37. The van der Waals surface area contributed by atoms with Crippen molar-refractivity contribution in [2.75, 3.05) is 0 Å². The van der Waals surface area contributed by atoms with Crippen molar-refractivity contribution in [2.45, 2.75) is 52.0 Å². The van der Waals surface area contributed by atoms with Crippen LogP contribution in [-0.2, 0) is 0 Å². The number of fused-ring (bicyclic) bond motifs is 1. The van der Waals surface area contributed by atoms with Gasteiger partial charge in [0.25, 0.3) is 0 Å². The molecule has 1 aromatic heterocycles. The summed E-state index contributed by atoms with van der Waals surface area (Å²) < 4.78 is 3.21. The maximum atomic E-state index is 5.55. The Morgan fingerprint density at radius 1 is 1.26 bits per heavy atom. The zero-order chi connectivity index (χ0) is 13.4. The van der Waals surface area contributed by atoms with Crippen molar-refractivity contribution in [3.63, 3.8) is 0 Å². The monoisotopic (exact) mass is 274 g/mol. The molecule has 1 N–H and O–H groups in total. The van der Waals surface area contributed by atoms with E-state index >= 15 is 0 Å². The number of aryl methyl sites for hydroxylation is 1. The lowest BCUT2D eigenvalue weighted by Gasteiger charge is -2.29. The van der Waals surface area contributed by atoms with Crippen molar-refractivity contribution in [3.05, 3.63) is 28.5 Å². The van der Waals surface area contributed by atoms with Crippen LogP contribution in [0, 0.1) is 17.6 Å². The van der Waals surface area contributed by atoms with E-state index in [1.807, 2.05) is 0 Å². The van der Waals surface area contributed by atoms with Gasteiger partial charge in [-0.1, -0.05) is 25.3 Å². The van der Waals surface area contributed by atoms with E-state index in [2.05, 4.69) is 41.6 Å². The zero-order valence-corrected chi connectivity index (χ0v) is 12.6. The van der Waals surface area contributed by atoms with E-state index < -0.39 is 0 Å². The minimum Gasteiger partial charge on any atom is -0.331 e. The van der Waals surface area contributed by atoms with Crippen LogP contribution in [0.15, 0.2) is 18.2 Å². The molecule has 3 rings (SSSR count). The van der Waals surface area contributed by atoms with E-state index in [0.29, 0.717) is 6.04 Å². The molecule has 1 aliphatic carbocycles. The predicted octanol–water partition coefficient (Wildman–Crippen LogP) is 5.15. The van der Waals surface area contributed by atoms with E-state index in [1.165, 1.54) is 48.7 Å². The highest BCUT2D eigenvalue weighted by Gasteiger charge is 2.23. The summed E-state index contributed by atoms with van der Waals surface area (Å²) in [4.78, 5) is 3.35. The number of hydrogen-bond donors (Lipinski definition) is 1. The first kappa shape index (κ1) is 12.9. The van der Waals surface area contributed by atoms with Gasteiger partial charge in [0.1, 0.15) is 0 Å². The average molecular weight is 274 g/mol. The molecule has 1 unspecified atom stereocenters. The molecule has 1 heterocycles. The standard InChI is InChI=1S/C16H22N2S/c1-11-8-9-14-15(10-11)18(16(19)17-14)12(2)13-6-4-3-5-7-13/h8-10,12-13H,3-7H2,1-2H3,(H,17,19). The fourth-order valence-electron chi connectivity index (χ4n) is 3.46. The molecule has 1 aliphatic rings. The highest BCUT2D eigenvalue weighted by molar-refractivity contribution is 7.71. The van der Waals surface area contributed by atoms with E-state index in [0.717, 1.165) is 10.7 Å². The molecule has 0 aliphatic heterocycles. The van der Waals surface area contributed by atoms with Crippen molar-refractivity contribution in [2.24, 2.45) is 5.92 Å². The molecule has 19 heavy (non-hydrogen) atoms. The van der Waals surface area contributed by atoms with Crippen molar-refractivity contribution >= 4 is 23.3 Å². The summed E-state index contributed by atoms with van der Waals surface area (Å²) in [6.07, 6.45) is 6.86. The van der Waals surface area contributed by atoms with Gasteiger partial charge in [-0.15, -0.1) is 0 Å². The molecular weight excluding hydrogens is 252 g/mol. The van der Waals surface area contributed by atoms with Crippen LogP contribution in [0.2, 0.25) is 0 Å². The van der Waals surface area contributed by atoms with Gasteiger partial charge in [-0.25, -0.2) is 0 Å². The molecule has 3 heteroatoms. The van der Waals surface area contributed by atoms with E-state index in [4.69, 9.17) is 12.2 Å². The second-order valence-electron chi connectivity index (χ2n) is 5.96. The second-order valence-corrected chi connectivity index (χ2v) is 6.35. The third kappa shape index (κ3) is 2.36. The van der Waals surface area contributed by atoms with Crippen LogP contribution in [-0.4, -0.2) is 9.55 Å². The van der Waals surface area contributed by atoms with Gasteiger partial charge in [-0.3, -0.25) is 0 Å². The lowest BCUT2D eigenvalue weighted by molar-refractivity contribution is 0.266. The number of aromatic nitrogens is 2. The average Bonchev–Trinajstić information content (AvgIpc) is 2.74. The second kappa shape index (κ2) is 5.12. The molecule has 2 aromatic rings. The number of imidazole rings is 1. The number of aromatic amines is 1. The summed E-state index contributed by atoms with van der Waals surface area (Å²) in [5.74, 6) is 0.778. The SMILES string of the molecule is Cc1ccc2[nH]c(=S)n(C(C)C3CCCCC3)c2c1. The van der Waals surface area contributed by atoms with Gasteiger partial charge in [0, 0.05) is 6.04 Å². The van der Waals surface area contributed by atoms with Crippen LogP contribution in [0.25, 0.3) is 11.0 Å². The summed E-state index contributed by atoms with van der Waals surface area (Å²) in [7, 11) is 0. The summed E-state index contributed by atoms with van der Waals surface area (Å²) in [6.45, 7) is 4.48. The molecule has 0 radical (unpaired) electrons. The molecule has 1 saturated carbocycles. The Bertz CT molecular complexity index is 632. The molecular formula is C16H22N2S. The molecule has 0 amide bonds. The highest BCUT2D eigenvalue weighted by atomic mass is 32.1. The van der Waals surface area contributed by atoms with Gasteiger partial charge in [0.05, 0.1) is 11.0 Å². The largest absolute Gasteiger partial charge is 0.331 e. The van der Waals surface area contributed by atoms with E-state index in [1.54, 1.807) is 0 Å². The first-order chi connectivity index (χ1) is 9.16. The Hall–Kier alpha value is -1.09. The Kier molecular flexibility index (Phi) is 3.48. The fraction of sp³-hybridized carbons (Fsp3) is 0.562. The number of hydrogen-bond acceptors (Lipinski definition) is 1. The molecule has 1 atom stereocenters. The normalized spacial score (nSPS) is 18.8. The predicted molar refractivity (Wildman–Crippen MR) is 83.1 cm³/mol. The smallest absolute Gasteiger partial charge is 0.178 e. The number of H-pyrrole nitrogens is 1. The van der Waals surface area contributed by atoms with E-state index in [9.17, 15) is 0 Å². The molecule has 0 bridgehead atoms. The summed E-state index contributed by atoms with van der Waals surface area (Å²) in [5.41, 5.74) is 3.73. The van der Waals surface area contributed by atoms with Crippen LogP contribution in [0.1, 0.15) is 50.6 Å². The van der Waals surface area contributed by atoms with Gasteiger partial charge in [-0.2, -0.15) is 0 Å². The fourth-order valence-corrected chi connectivity index (χ4v) is 3.84. The molecule has 1 aromatic carbocycles. The van der Waals surface area contributed by atoms with Crippen molar-refractivity contribution in [3.8, 4) is 0 Å². The number of nitrogens with zero attached hydrogens (tertiary/aromatic N) is 1. The quantitative estimate of drug-likeness (QED) is 0.751. The van der Waals surface area contributed by atoms with Crippen molar-refractivity contribution in [1.29, 1.82) is 0 Å². The number of rotatable bonds is 2. The third-order valence-electron chi connectivity index (χ3n) is 4.61. The van der Waals surface area contributed by atoms with Gasteiger partial charge in [0.2, 0.25) is 0 Å². The molecule has 2 nitrogen and oxygen atoms in total. The molecule has 0 spiro atoms. The Morgan fingerprint density at radius 2 is 2.00 bits per heavy atom. The van der Waals surface area contributed by atoms with Crippen LogP contribution in [0.3, 0.4) is 0 Å². The Morgan fingerprint density at radius 3 is 2.74 bits per heavy atom. The minimum absolute atomic E-state index is 0.503. The molecule has 0 saturated heterocycles. The minimum atomic E-state index is 0.503. The number of benzene rings is 1. The van der Waals surface area contributed by atoms with E-state index in [-0.39, 0.29) is 0 Å². The Balaban J connectivity index is 2.05. The van der Waals surface area contributed by atoms with Gasteiger partial charge in [0.15, 0.2) is 4.77 Å². The maximum Gasteiger partial charge on any atom is 0.178 e. The van der Waals surface area contributed by atoms with Crippen LogP contribution < -0.4 is 0 Å². The highest BCUT2D eigenvalue weighted by Crippen LogP contribution is 2.34. The zero-order valence-electron chi connectivity index (χ0n) is 11.8. The lowest BCUT2D eigenvalue weighted by atomic mass is 9.84. The van der Waals surface area contributed by atoms with Gasteiger partial charge in [-0.05, 0) is 62.5 Å². The summed E-state index contributed by atoms with van der Waals surface area (Å²) in [5, 5.41) is 0. The topological polar surface area (TPSA) is 20.7 Å². The van der Waals surface area contributed by atoms with Crippen LogP contribution in [0.4, 0.5) is 0 Å². The molecule has 1 fully saturated rings. The third-order valence-corrected chi connectivity index (χ3v) is 4.91. The van der Waals surface area contributed by atoms with Gasteiger partial charge < -0.3 is 9.55 Å². The Labute approximate surface area is 119 Å².